The van der Waals surface area contributed by atoms with Crippen LogP contribution in [0.25, 0.3) is 44.5 Å². The van der Waals surface area contributed by atoms with E-state index in [-0.39, 0.29) is 5.41 Å². The highest BCUT2D eigenvalue weighted by Gasteiger charge is 2.14. The number of nitrogens with zero attached hydrogens (tertiary/aromatic N) is 4. The minimum atomic E-state index is 0.167. The number of pyridine rings is 3. The number of rotatable bonds is 5. The topological polar surface area (TPSA) is 95.2 Å². The molecule has 5 rings (SSSR count). The number of hydrogen-bond donors (Lipinski definition) is 3. The van der Waals surface area contributed by atoms with Gasteiger partial charge in [0, 0.05) is 57.9 Å². The molecule has 0 aliphatic rings. The maximum absolute atomic E-state index is 4.56. The van der Waals surface area contributed by atoms with Gasteiger partial charge in [-0.05, 0) is 36.1 Å². The molecule has 5 heterocycles. The van der Waals surface area contributed by atoms with E-state index >= 15 is 0 Å². The Bertz CT molecular complexity index is 1400. The average molecular weight is 424 g/mol. The van der Waals surface area contributed by atoms with Gasteiger partial charge >= 0.3 is 0 Å². The summed E-state index contributed by atoms with van der Waals surface area (Å²) in [6, 6.07) is 8.18. The molecule has 5 aromatic heterocycles. The van der Waals surface area contributed by atoms with E-state index in [2.05, 4.69) is 81.0 Å². The quantitative estimate of drug-likeness (QED) is 0.326. The molecule has 0 aliphatic carbocycles. The molecule has 0 radical (unpaired) electrons. The van der Waals surface area contributed by atoms with Crippen molar-refractivity contribution in [2.45, 2.75) is 27.2 Å². The Balaban J connectivity index is 1.49. The maximum Gasteiger partial charge on any atom is 0.181 e. The third-order valence-corrected chi connectivity index (χ3v) is 5.24. The number of aromatic amines is 2. The molecule has 32 heavy (non-hydrogen) atoms. The SMILES string of the molecule is C=C(CC(C)(C)C)Nc1cncc(-c2cnc3n[nH]c(-c4cc5cnccc5[nH]4)c3c2)c1. The van der Waals surface area contributed by atoms with Gasteiger partial charge in [-0.1, -0.05) is 27.4 Å². The molecule has 0 aromatic carbocycles. The van der Waals surface area contributed by atoms with E-state index < -0.39 is 0 Å². The summed E-state index contributed by atoms with van der Waals surface area (Å²) in [5, 5.41) is 12.9. The second-order valence-electron chi connectivity index (χ2n) is 9.27. The maximum atomic E-state index is 4.56. The molecule has 3 N–H and O–H groups in total. The van der Waals surface area contributed by atoms with Crippen LogP contribution in [0.5, 0.6) is 0 Å². The molecule has 160 valence electrons. The lowest BCUT2D eigenvalue weighted by Gasteiger charge is -2.20. The molecule has 7 heteroatoms. The van der Waals surface area contributed by atoms with Crippen LogP contribution in [0.3, 0.4) is 0 Å². The zero-order valence-corrected chi connectivity index (χ0v) is 18.4. The minimum Gasteiger partial charge on any atom is -0.358 e. The minimum absolute atomic E-state index is 0.167. The first kappa shape index (κ1) is 19.9. The first-order valence-electron chi connectivity index (χ1n) is 10.5. The van der Waals surface area contributed by atoms with Gasteiger partial charge in [0.1, 0.15) is 0 Å². The highest BCUT2D eigenvalue weighted by atomic mass is 15.2. The van der Waals surface area contributed by atoms with Crippen molar-refractivity contribution in [3.8, 4) is 22.5 Å². The fraction of sp³-hybridized carbons (Fsp3) is 0.200. The van der Waals surface area contributed by atoms with Crippen molar-refractivity contribution < 1.29 is 0 Å². The first-order chi connectivity index (χ1) is 15.4. The number of allylic oxidation sites excluding steroid dienone is 1. The molecular weight excluding hydrogens is 398 g/mol. The lowest BCUT2D eigenvalue weighted by atomic mass is 9.91. The van der Waals surface area contributed by atoms with E-state index in [9.17, 15) is 0 Å². The van der Waals surface area contributed by atoms with Crippen LogP contribution in [0.4, 0.5) is 5.69 Å². The smallest absolute Gasteiger partial charge is 0.181 e. The number of hydrogen-bond acceptors (Lipinski definition) is 5. The largest absolute Gasteiger partial charge is 0.358 e. The third-order valence-electron chi connectivity index (χ3n) is 5.24. The molecule has 0 fully saturated rings. The Kier molecular flexibility index (Phi) is 4.74. The van der Waals surface area contributed by atoms with Gasteiger partial charge in [0.15, 0.2) is 5.65 Å². The molecule has 5 aromatic rings. The predicted octanol–water partition coefficient (Wildman–Crippen LogP) is 5.93. The van der Waals surface area contributed by atoms with Crippen molar-refractivity contribution in [2.24, 2.45) is 5.41 Å². The van der Waals surface area contributed by atoms with Crippen LogP contribution in [0, 0.1) is 5.41 Å². The summed E-state index contributed by atoms with van der Waals surface area (Å²) in [6.45, 7) is 10.8. The van der Waals surface area contributed by atoms with E-state index in [0.717, 1.165) is 56.6 Å². The summed E-state index contributed by atoms with van der Waals surface area (Å²) < 4.78 is 0. The van der Waals surface area contributed by atoms with Crippen LogP contribution < -0.4 is 5.32 Å². The average Bonchev–Trinajstić information content (AvgIpc) is 3.35. The standard InChI is InChI=1S/C25H25N7/c1-15(10-25(2,3)4)29-19-7-16(11-27-14-19)17-8-20-23(31-32-24(20)28-13-17)22-9-18-12-26-6-5-21(18)30-22/h5-9,11-14,29-30H,1,10H2,2-4H3,(H,28,31,32). The molecule has 0 atom stereocenters. The highest BCUT2D eigenvalue weighted by molar-refractivity contribution is 5.95. The summed E-state index contributed by atoms with van der Waals surface area (Å²) in [5.41, 5.74) is 7.52. The zero-order chi connectivity index (χ0) is 22.3. The summed E-state index contributed by atoms with van der Waals surface area (Å²) >= 11 is 0. The number of H-pyrrole nitrogens is 2. The Morgan fingerprint density at radius 2 is 1.88 bits per heavy atom. The second-order valence-corrected chi connectivity index (χ2v) is 9.27. The molecule has 0 aliphatic heterocycles. The van der Waals surface area contributed by atoms with Crippen LogP contribution in [-0.4, -0.2) is 30.1 Å². The van der Waals surface area contributed by atoms with Crippen LogP contribution in [0.2, 0.25) is 0 Å². The summed E-state index contributed by atoms with van der Waals surface area (Å²) in [4.78, 5) is 16.6. The van der Waals surface area contributed by atoms with Crippen molar-refractivity contribution >= 4 is 27.6 Å². The first-order valence-corrected chi connectivity index (χ1v) is 10.5. The van der Waals surface area contributed by atoms with Crippen LogP contribution in [-0.2, 0) is 0 Å². The monoisotopic (exact) mass is 423 g/mol. The van der Waals surface area contributed by atoms with Gasteiger partial charge in [-0.25, -0.2) is 4.98 Å². The number of nitrogens with one attached hydrogen (secondary N) is 3. The molecule has 0 spiro atoms. The van der Waals surface area contributed by atoms with Crippen molar-refractivity contribution in [3.63, 3.8) is 0 Å². The predicted molar refractivity (Wildman–Crippen MR) is 129 cm³/mol. The van der Waals surface area contributed by atoms with Crippen molar-refractivity contribution in [3.05, 3.63) is 67.5 Å². The number of fused-ring (bicyclic) bond motifs is 2. The fourth-order valence-electron chi connectivity index (χ4n) is 3.92. The molecule has 0 bridgehead atoms. The van der Waals surface area contributed by atoms with Gasteiger partial charge in [0.2, 0.25) is 0 Å². The van der Waals surface area contributed by atoms with Gasteiger partial charge in [0.25, 0.3) is 0 Å². The van der Waals surface area contributed by atoms with Crippen LogP contribution in [0.15, 0.2) is 67.5 Å². The lowest BCUT2D eigenvalue weighted by Crippen LogP contribution is -2.10. The van der Waals surface area contributed by atoms with E-state index in [1.54, 1.807) is 6.20 Å². The molecule has 7 nitrogen and oxygen atoms in total. The van der Waals surface area contributed by atoms with Crippen molar-refractivity contribution in [2.75, 3.05) is 5.32 Å². The molecular formula is C25H25N7. The van der Waals surface area contributed by atoms with Gasteiger partial charge < -0.3 is 10.3 Å². The van der Waals surface area contributed by atoms with Crippen LogP contribution in [0.1, 0.15) is 27.2 Å². The van der Waals surface area contributed by atoms with Crippen molar-refractivity contribution in [1.82, 2.24) is 30.1 Å². The van der Waals surface area contributed by atoms with Crippen LogP contribution >= 0.6 is 0 Å². The van der Waals surface area contributed by atoms with E-state index in [1.807, 2.05) is 30.9 Å². The zero-order valence-electron chi connectivity index (χ0n) is 18.4. The molecule has 0 amide bonds. The van der Waals surface area contributed by atoms with E-state index in [1.165, 1.54) is 0 Å². The second kappa shape index (κ2) is 7.60. The van der Waals surface area contributed by atoms with E-state index in [4.69, 9.17) is 0 Å². The fourth-order valence-corrected chi connectivity index (χ4v) is 3.92. The Morgan fingerprint density at radius 3 is 2.69 bits per heavy atom. The van der Waals surface area contributed by atoms with E-state index in [0.29, 0.717) is 5.65 Å². The molecule has 0 saturated heterocycles. The third kappa shape index (κ3) is 3.97. The van der Waals surface area contributed by atoms with Gasteiger partial charge in [0.05, 0.1) is 23.3 Å². The van der Waals surface area contributed by atoms with Gasteiger partial charge in [-0.2, -0.15) is 5.10 Å². The molecule has 0 saturated carbocycles. The molecule has 0 unspecified atom stereocenters. The normalized spacial score (nSPS) is 11.8. The number of aromatic nitrogens is 6. The Morgan fingerprint density at radius 1 is 1.03 bits per heavy atom. The summed E-state index contributed by atoms with van der Waals surface area (Å²) in [5.74, 6) is 0. The Hall–Kier alpha value is -4.00. The summed E-state index contributed by atoms with van der Waals surface area (Å²) in [6.07, 6.45) is 9.97. The van der Waals surface area contributed by atoms with Crippen molar-refractivity contribution in [1.29, 1.82) is 0 Å². The van der Waals surface area contributed by atoms with Gasteiger partial charge in [-0.3, -0.25) is 15.1 Å². The van der Waals surface area contributed by atoms with Gasteiger partial charge in [-0.15, -0.1) is 0 Å². The summed E-state index contributed by atoms with van der Waals surface area (Å²) in [7, 11) is 0. The highest BCUT2D eigenvalue weighted by Crippen LogP contribution is 2.31. The lowest BCUT2D eigenvalue weighted by molar-refractivity contribution is 0.411. The number of anilines is 1. The Labute approximate surface area is 186 Å².